The zero-order valence-corrected chi connectivity index (χ0v) is 11.4. The summed E-state index contributed by atoms with van der Waals surface area (Å²) in [4.78, 5) is 18.2. The molecule has 0 aromatic rings. The number of carbonyl (C=O) groups excluding carboxylic acids is 1. The third kappa shape index (κ3) is 3.13. The second kappa shape index (κ2) is 5.87. The van der Waals surface area contributed by atoms with Crippen molar-refractivity contribution >= 4 is 6.03 Å². The fraction of sp³-hybridized carbons (Fsp3) is 0.923. The van der Waals surface area contributed by atoms with Crippen LogP contribution in [0.2, 0.25) is 0 Å². The highest BCUT2D eigenvalue weighted by molar-refractivity contribution is 5.74. The summed E-state index contributed by atoms with van der Waals surface area (Å²) in [7, 11) is 0. The van der Waals surface area contributed by atoms with Gasteiger partial charge in [0, 0.05) is 38.8 Å². The number of hydrogen-bond acceptors (Lipinski definition) is 2. The Morgan fingerprint density at radius 3 is 2.33 bits per heavy atom. The number of amides is 2. The van der Waals surface area contributed by atoms with Gasteiger partial charge in [-0.1, -0.05) is 0 Å². The summed E-state index contributed by atoms with van der Waals surface area (Å²) in [6, 6.07) is 0.563. The Balaban J connectivity index is 1.83. The summed E-state index contributed by atoms with van der Waals surface area (Å²) in [5.74, 6) is 0. The monoisotopic (exact) mass is 257 g/mol. The molecule has 1 unspecified atom stereocenters. The number of piperazine rings is 1. The van der Waals surface area contributed by atoms with Crippen LogP contribution in [0.3, 0.4) is 0 Å². The van der Waals surface area contributed by atoms with Gasteiger partial charge in [-0.3, -0.25) is 4.90 Å². The van der Waals surface area contributed by atoms with Gasteiger partial charge in [-0.2, -0.15) is 0 Å². The molecule has 2 heterocycles. The maximum Gasteiger partial charge on any atom is 0.320 e. The van der Waals surface area contributed by atoms with Crippen LogP contribution in [0.25, 0.3) is 0 Å². The van der Waals surface area contributed by atoms with E-state index >= 15 is 0 Å². The Labute approximate surface area is 109 Å². The van der Waals surface area contributed by atoms with E-state index in [1.165, 1.54) is 0 Å². The molecule has 1 atom stereocenters. The van der Waals surface area contributed by atoms with Crippen molar-refractivity contribution < 1.29 is 9.18 Å². The lowest BCUT2D eigenvalue weighted by atomic mass is 10.1. The molecule has 0 aromatic heterocycles. The van der Waals surface area contributed by atoms with Gasteiger partial charge < -0.3 is 9.80 Å². The predicted molar refractivity (Wildman–Crippen MR) is 69.4 cm³/mol. The molecule has 0 spiro atoms. The quantitative estimate of drug-likeness (QED) is 0.713. The first kappa shape index (κ1) is 13.6. The van der Waals surface area contributed by atoms with Crippen molar-refractivity contribution in [2.24, 2.45) is 0 Å². The van der Waals surface area contributed by atoms with Crippen LogP contribution in [0.1, 0.15) is 26.7 Å². The van der Waals surface area contributed by atoms with Crippen LogP contribution in [0.4, 0.5) is 9.18 Å². The van der Waals surface area contributed by atoms with Crippen molar-refractivity contribution in [3.63, 3.8) is 0 Å². The predicted octanol–water partition coefficient (Wildman–Crippen LogP) is 1.57. The van der Waals surface area contributed by atoms with Crippen LogP contribution < -0.4 is 0 Å². The molecule has 18 heavy (non-hydrogen) atoms. The van der Waals surface area contributed by atoms with Gasteiger partial charge in [0.05, 0.1) is 6.54 Å². The topological polar surface area (TPSA) is 26.8 Å². The Kier molecular flexibility index (Phi) is 4.43. The van der Waals surface area contributed by atoms with Crippen molar-refractivity contribution in [1.29, 1.82) is 0 Å². The second-order valence-electron chi connectivity index (χ2n) is 5.58. The minimum atomic E-state index is -0.834. The van der Waals surface area contributed by atoms with E-state index in [-0.39, 0.29) is 12.6 Å². The average molecular weight is 257 g/mol. The molecule has 2 rings (SSSR count). The summed E-state index contributed by atoms with van der Waals surface area (Å²) in [6.07, 6.45) is 0.559. The molecule has 5 heteroatoms. The Morgan fingerprint density at radius 1 is 1.11 bits per heavy atom. The largest absolute Gasteiger partial charge is 0.322 e. The smallest absolute Gasteiger partial charge is 0.320 e. The van der Waals surface area contributed by atoms with E-state index in [0.717, 1.165) is 32.6 Å². The Morgan fingerprint density at radius 2 is 1.78 bits per heavy atom. The van der Waals surface area contributed by atoms with Gasteiger partial charge in [0.1, 0.15) is 6.17 Å². The summed E-state index contributed by atoms with van der Waals surface area (Å²) >= 11 is 0. The zero-order valence-electron chi connectivity index (χ0n) is 11.4. The molecule has 0 saturated carbocycles. The number of alkyl halides is 1. The number of carbonyl (C=O) groups is 1. The van der Waals surface area contributed by atoms with Crippen LogP contribution in [0.15, 0.2) is 0 Å². The van der Waals surface area contributed by atoms with Gasteiger partial charge in [-0.05, 0) is 26.7 Å². The summed E-state index contributed by atoms with van der Waals surface area (Å²) in [6.45, 7) is 8.74. The van der Waals surface area contributed by atoms with Crippen molar-refractivity contribution in [1.82, 2.24) is 14.7 Å². The molecule has 0 bridgehead atoms. The molecule has 0 aliphatic carbocycles. The molecule has 2 aliphatic rings. The van der Waals surface area contributed by atoms with Crippen molar-refractivity contribution in [2.75, 3.05) is 39.3 Å². The van der Waals surface area contributed by atoms with Crippen molar-refractivity contribution in [3.05, 3.63) is 0 Å². The normalized spacial score (nSPS) is 26.8. The van der Waals surface area contributed by atoms with Gasteiger partial charge >= 0.3 is 6.03 Å². The molecule has 2 fully saturated rings. The average Bonchev–Trinajstić information content (AvgIpc) is 2.38. The zero-order chi connectivity index (χ0) is 13.1. The van der Waals surface area contributed by atoms with E-state index in [4.69, 9.17) is 0 Å². The first-order chi connectivity index (χ1) is 8.58. The van der Waals surface area contributed by atoms with Crippen LogP contribution in [-0.4, -0.2) is 72.2 Å². The van der Waals surface area contributed by atoms with E-state index in [2.05, 4.69) is 18.7 Å². The van der Waals surface area contributed by atoms with Gasteiger partial charge in [0.15, 0.2) is 0 Å². The standard InChI is InChI=1S/C13H24FN3O/c1-11(2)15-6-8-16(9-7-15)13(18)17-5-3-4-12(14)10-17/h11-12H,3-10H2,1-2H3. The molecule has 0 N–H and O–H groups in total. The lowest BCUT2D eigenvalue weighted by Crippen LogP contribution is -2.55. The van der Waals surface area contributed by atoms with Gasteiger partial charge in [0.2, 0.25) is 0 Å². The highest BCUT2D eigenvalue weighted by Crippen LogP contribution is 2.16. The van der Waals surface area contributed by atoms with Crippen molar-refractivity contribution in [3.8, 4) is 0 Å². The Hall–Kier alpha value is -0.840. The minimum Gasteiger partial charge on any atom is -0.322 e. The fourth-order valence-electron chi connectivity index (χ4n) is 2.73. The SMILES string of the molecule is CC(C)N1CCN(C(=O)N2CCCC(F)C2)CC1. The number of halogens is 1. The van der Waals surface area contributed by atoms with Crippen LogP contribution in [0.5, 0.6) is 0 Å². The molecule has 0 radical (unpaired) electrons. The van der Waals surface area contributed by atoms with E-state index in [0.29, 0.717) is 19.0 Å². The highest BCUT2D eigenvalue weighted by Gasteiger charge is 2.29. The van der Waals surface area contributed by atoms with E-state index in [1.54, 1.807) is 4.90 Å². The van der Waals surface area contributed by atoms with Crippen LogP contribution in [-0.2, 0) is 0 Å². The maximum absolute atomic E-state index is 13.3. The minimum absolute atomic E-state index is 0.0285. The highest BCUT2D eigenvalue weighted by atomic mass is 19.1. The van der Waals surface area contributed by atoms with E-state index in [9.17, 15) is 9.18 Å². The van der Waals surface area contributed by atoms with E-state index in [1.807, 2.05) is 4.90 Å². The first-order valence-corrected chi connectivity index (χ1v) is 7.00. The van der Waals surface area contributed by atoms with Gasteiger partial charge in [-0.15, -0.1) is 0 Å². The first-order valence-electron chi connectivity index (χ1n) is 7.00. The molecule has 4 nitrogen and oxygen atoms in total. The molecule has 104 valence electrons. The Bertz CT molecular complexity index is 290. The summed E-state index contributed by atoms with van der Waals surface area (Å²) in [5.41, 5.74) is 0. The van der Waals surface area contributed by atoms with Gasteiger partial charge in [0.25, 0.3) is 0 Å². The number of likely N-dealkylation sites (tertiary alicyclic amines) is 1. The third-order valence-corrected chi connectivity index (χ3v) is 3.95. The summed E-state index contributed by atoms with van der Waals surface area (Å²) in [5, 5.41) is 0. The fourth-order valence-corrected chi connectivity index (χ4v) is 2.73. The molecule has 2 saturated heterocycles. The lowest BCUT2D eigenvalue weighted by Gasteiger charge is -2.40. The van der Waals surface area contributed by atoms with Crippen LogP contribution >= 0.6 is 0 Å². The summed E-state index contributed by atoms with van der Waals surface area (Å²) < 4.78 is 13.3. The molecular formula is C13H24FN3O. The second-order valence-corrected chi connectivity index (χ2v) is 5.58. The lowest BCUT2D eigenvalue weighted by molar-refractivity contribution is 0.0824. The number of hydrogen-bond donors (Lipinski definition) is 0. The van der Waals surface area contributed by atoms with Gasteiger partial charge in [-0.25, -0.2) is 9.18 Å². The van der Waals surface area contributed by atoms with Crippen LogP contribution in [0, 0.1) is 0 Å². The number of piperidine rings is 1. The number of rotatable bonds is 1. The molecular weight excluding hydrogens is 233 g/mol. The van der Waals surface area contributed by atoms with Crippen molar-refractivity contribution in [2.45, 2.75) is 38.9 Å². The third-order valence-electron chi connectivity index (χ3n) is 3.95. The maximum atomic E-state index is 13.3. The molecule has 2 aliphatic heterocycles. The number of nitrogens with zero attached hydrogens (tertiary/aromatic N) is 3. The number of urea groups is 1. The van der Waals surface area contributed by atoms with E-state index < -0.39 is 6.17 Å². The molecule has 0 aromatic carbocycles. The molecule has 2 amide bonds.